The van der Waals surface area contributed by atoms with Gasteiger partial charge in [-0.3, -0.25) is 0 Å². The summed E-state index contributed by atoms with van der Waals surface area (Å²) in [7, 11) is -7.26. The number of sulfonamides is 2. The molecule has 1 aliphatic heterocycles. The van der Waals surface area contributed by atoms with E-state index in [4.69, 9.17) is 4.74 Å². The summed E-state index contributed by atoms with van der Waals surface area (Å²) >= 11 is 0. The van der Waals surface area contributed by atoms with Crippen LogP contribution in [0.15, 0.2) is 34.1 Å². The molecule has 26 heavy (non-hydrogen) atoms. The highest BCUT2D eigenvalue weighted by Crippen LogP contribution is 2.22. The van der Waals surface area contributed by atoms with Crippen LogP contribution in [0.1, 0.15) is 38.5 Å². The molecule has 1 saturated heterocycles. The lowest BCUT2D eigenvalue weighted by Crippen LogP contribution is -2.40. The normalized spacial score (nSPS) is 21.4. The van der Waals surface area contributed by atoms with E-state index >= 15 is 0 Å². The number of nitrogens with zero attached hydrogens (tertiary/aromatic N) is 1. The zero-order valence-corrected chi connectivity index (χ0v) is 16.4. The van der Waals surface area contributed by atoms with Crippen molar-refractivity contribution in [2.75, 3.05) is 26.3 Å². The first kappa shape index (κ1) is 19.8. The van der Waals surface area contributed by atoms with Crippen LogP contribution in [0.3, 0.4) is 0 Å². The van der Waals surface area contributed by atoms with Crippen LogP contribution in [0.25, 0.3) is 0 Å². The highest BCUT2D eigenvalue weighted by molar-refractivity contribution is 7.89. The minimum atomic E-state index is -3.64. The van der Waals surface area contributed by atoms with Crippen LogP contribution in [0, 0.1) is 0 Å². The molecule has 0 aromatic heterocycles. The molecule has 0 bridgehead atoms. The Bertz CT molecular complexity index is 792. The van der Waals surface area contributed by atoms with Gasteiger partial charge in [-0.25, -0.2) is 21.6 Å². The van der Waals surface area contributed by atoms with Gasteiger partial charge in [0.25, 0.3) is 0 Å². The molecule has 1 aliphatic carbocycles. The quantitative estimate of drug-likeness (QED) is 0.757. The Labute approximate surface area is 155 Å². The first-order valence-electron chi connectivity index (χ1n) is 9.10. The predicted molar refractivity (Wildman–Crippen MR) is 97.8 cm³/mol. The minimum Gasteiger partial charge on any atom is -0.379 e. The maximum Gasteiger partial charge on any atom is 0.243 e. The molecule has 1 aromatic carbocycles. The first-order valence-corrected chi connectivity index (χ1v) is 12.0. The second-order valence-corrected chi connectivity index (χ2v) is 10.4. The van der Waals surface area contributed by atoms with Crippen LogP contribution >= 0.6 is 0 Å². The van der Waals surface area contributed by atoms with E-state index in [0.717, 1.165) is 38.5 Å². The van der Waals surface area contributed by atoms with Gasteiger partial charge in [-0.2, -0.15) is 4.31 Å². The lowest BCUT2D eigenvalue weighted by Gasteiger charge is -2.26. The molecule has 1 saturated carbocycles. The van der Waals surface area contributed by atoms with Crippen molar-refractivity contribution in [3.05, 3.63) is 24.3 Å². The van der Waals surface area contributed by atoms with Crippen LogP contribution in [0.4, 0.5) is 0 Å². The SMILES string of the molecule is O=S(=O)(NC1CCCCCC1)c1ccc(S(=O)(=O)N2CCOCC2)cc1. The summed E-state index contributed by atoms with van der Waals surface area (Å²) in [5.41, 5.74) is 0. The minimum absolute atomic E-state index is 0.0424. The number of rotatable bonds is 5. The molecule has 1 aromatic rings. The van der Waals surface area contributed by atoms with Gasteiger partial charge in [0.1, 0.15) is 0 Å². The molecule has 0 radical (unpaired) electrons. The molecule has 0 spiro atoms. The van der Waals surface area contributed by atoms with Crippen molar-refractivity contribution in [2.45, 2.75) is 54.4 Å². The molecular formula is C17H26N2O5S2. The van der Waals surface area contributed by atoms with Crippen molar-refractivity contribution >= 4 is 20.0 Å². The van der Waals surface area contributed by atoms with Crippen molar-refractivity contribution in [1.29, 1.82) is 0 Å². The van der Waals surface area contributed by atoms with Gasteiger partial charge in [0.2, 0.25) is 20.0 Å². The van der Waals surface area contributed by atoms with Crippen LogP contribution in [-0.2, 0) is 24.8 Å². The third-order valence-corrected chi connectivity index (χ3v) is 8.37. The molecule has 146 valence electrons. The third-order valence-electron chi connectivity index (χ3n) is 4.92. The Hall–Kier alpha value is -1.00. The van der Waals surface area contributed by atoms with E-state index in [9.17, 15) is 16.8 Å². The Morgan fingerprint density at radius 1 is 0.846 bits per heavy atom. The van der Waals surface area contributed by atoms with Gasteiger partial charge in [0.05, 0.1) is 23.0 Å². The van der Waals surface area contributed by atoms with Gasteiger partial charge in [-0.1, -0.05) is 25.7 Å². The molecule has 0 amide bonds. The van der Waals surface area contributed by atoms with Gasteiger partial charge in [-0.05, 0) is 37.1 Å². The summed E-state index contributed by atoms with van der Waals surface area (Å²) in [6, 6.07) is 5.43. The lowest BCUT2D eigenvalue weighted by molar-refractivity contribution is 0.0730. The van der Waals surface area contributed by atoms with E-state index in [0.29, 0.717) is 26.3 Å². The Morgan fingerprint density at radius 2 is 1.38 bits per heavy atom. The smallest absolute Gasteiger partial charge is 0.243 e. The average Bonchev–Trinajstić information content (AvgIpc) is 2.91. The number of hydrogen-bond acceptors (Lipinski definition) is 5. The molecule has 2 fully saturated rings. The number of benzene rings is 1. The van der Waals surface area contributed by atoms with Crippen molar-refractivity contribution in [3.63, 3.8) is 0 Å². The fourth-order valence-electron chi connectivity index (χ4n) is 3.41. The highest BCUT2D eigenvalue weighted by atomic mass is 32.2. The van der Waals surface area contributed by atoms with E-state index in [1.165, 1.54) is 28.6 Å². The Kier molecular flexibility index (Phi) is 6.34. The Balaban J connectivity index is 1.73. The molecule has 3 rings (SSSR count). The number of morpholine rings is 1. The second kappa shape index (κ2) is 8.35. The van der Waals surface area contributed by atoms with Crippen molar-refractivity contribution < 1.29 is 21.6 Å². The number of nitrogens with one attached hydrogen (secondary N) is 1. The van der Waals surface area contributed by atoms with Crippen LogP contribution < -0.4 is 4.72 Å². The summed E-state index contributed by atoms with van der Waals surface area (Å²) in [6.07, 6.45) is 6.05. The lowest BCUT2D eigenvalue weighted by atomic mass is 10.1. The van der Waals surface area contributed by atoms with E-state index < -0.39 is 20.0 Å². The highest BCUT2D eigenvalue weighted by Gasteiger charge is 2.27. The summed E-state index contributed by atoms with van der Waals surface area (Å²) in [5.74, 6) is 0. The summed E-state index contributed by atoms with van der Waals surface area (Å²) in [4.78, 5) is 0.204. The van der Waals surface area contributed by atoms with Gasteiger partial charge < -0.3 is 4.74 Å². The molecule has 0 atom stereocenters. The third kappa shape index (κ3) is 4.64. The fraction of sp³-hybridized carbons (Fsp3) is 0.647. The van der Waals surface area contributed by atoms with E-state index in [1.807, 2.05) is 0 Å². The number of ether oxygens (including phenoxy) is 1. The van der Waals surface area contributed by atoms with Crippen molar-refractivity contribution in [1.82, 2.24) is 9.03 Å². The first-order chi connectivity index (χ1) is 12.4. The van der Waals surface area contributed by atoms with Gasteiger partial charge in [-0.15, -0.1) is 0 Å². The molecule has 1 heterocycles. The van der Waals surface area contributed by atoms with Crippen LogP contribution in [-0.4, -0.2) is 53.5 Å². The van der Waals surface area contributed by atoms with Gasteiger partial charge >= 0.3 is 0 Å². The van der Waals surface area contributed by atoms with Crippen molar-refractivity contribution in [2.24, 2.45) is 0 Å². The predicted octanol–water partition coefficient (Wildman–Crippen LogP) is 1.71. The Morgan fingerprint density at radius 3 is 1.96 bits per heavy atom. The van der Waals surface area contributed by atoms with Crippen molar-refractivity contribution in [3.8, 4) is 0 Å². The van der Waals surface area contributed by atoms with E-state index in [1.54, 1.807) is 0 Å². The maximum absolute atomic E-state index is 12.6. The molecule has 0 unspecified atom stereocenters. The van der Waals surface area contributed by atoms with Gasteiger partial charge in [0, 0.05) is 19.1 Å². The van der Waals surface area contributed by atoms with E-state index in [2.05, 4.69) is 4.72 Å². The molecule has 9 heteroatoms. The summed E-state index contributed by atoms with van der Waals surface area (Å²) in [5, 5.41) is 0. The molecule has 2 aliphatic rings. The molecular weight excluding hydrogens is 376 g/mol. The fourth-order valence-corrected chi connectivity index (χ4v) is 6.12. The topological polar surface area (TPSA) is 92.8 Å². The van der Waals surface area contributed by atoms with Gasteiger partial charge in [0.15, 0.2) is 0 Å². The monoisotopic (exact) mass is 402 g/mol. The molecule has 1 N–H and O–H groups in total. The largest absolute Gasteiger partial charge is 0.379 e. The zero-order chi connectivity index (χ0) is 18.6. The van der Waals surface area contributed by atoms with Crippen LogP contribution in [0.2, 0.25) is 0 Å². The average molecular weight is 403 g/mol. The second-order valence-electron chi connectivity index (χ2n) is 6.80. The maximum atomic E-state index is 12.6. The summed E-state index contributed by atoms with van der Waals surface area (Å²) < 4.78 is 59.7. The van der Waals surface area contributed by atoms with Crippen LogP contribution in [0.5, 0.6) is 0 Å². The standard InChI is InChI=1S/C17H26N2O5S2/c20-25(21,18-15-5-3-1-2-4-6-15)16-7-9-17(10-8-16)26(22,23)19-11-13-24-14-12-19/h7-10,15,18H,1-6,11-14H2. The summed E-state index contributed by atoms with van der Waals surface area (Å²) in [6.45, 7) is 1.37. The zero-order valence-electron chi connectivity index (χ0n) is 14.8. The van der Waals surface area contributed by atoms with E-state index in [-0.39, 0.29) is 15.8 Å². The number of hydrogen-bond donors (Lipinski definition) is 1. The molecule has 7 nitrogen and oxygen atoms in total.